The number of nitrogens with zero attached hydrogens (tertiary/aromatic N) is 3. The number of fused-ring (bicyclic) bond motifs is 1. The third kappa shape index (κ3) is 6.30. The van der Waals surface area contributed by atoms with Gasteiger partial charge in [-0.1, -0.05) is 61.5 Å². The van der Waals surface area contributed by atoms with Crippen molar-refractivity contribution in [1.82, 2.24) is 14.5 Å². The number of anilines is 1. The Morgan fingerprint density at radius 1 is 0.907 bits per heavy atom. The van der Waals surface area contributed by atoms with Crippen LogP contribution in [0.1, 0.15) is 47.5 Å². The van der Waals surface area contributed by atoms with Crippen LogP contribution >= 0.6 is 0 Å². The summed E-state index contributed by atoms with van der Waals surface area (Å²) in [4.78, 5) is 34.4. The van der Waals surface area contributed by atoms with E-state index >= 15 is 0 Å². The van der Waals surface area contributed by atoms with E-state index in [9.17, 15) is 22.8 Å². The highest BCUT2D eigenvalue weighted by atomic mass is 19.4. The maximum Gasteiger partial charge on any atom is 0.416 e. The zero-order chi connectivity index (χ0) is 30.7. The largest absolute Gasteiger partial charge is 0.416 e. The lowest BCUT2D eigenvalue weighted by Crippen LogP contribution is -2.40. The highest BCUT2D eigenvalue weighted by molar-refractivity contribution is 5.90. The second-order valence-corrected chi connectivity index (χ2v) is 10.4. The Labute approximate surface area is 247 Å². The number of amides is 2. The molecule has 6 nitrogen and oxygen atoms in total. The molecule has 43 heavy (non-hydrogen) atoms. The van der Waals surface area contributed by atoms with Crippen molar-refractivity contribution in [3.8, 4) is 5.69 Å². The minimum atomic E-state index is -4.56. The van der Waals surface area contributed by atoms with E-state index in [1.807, 2.05) is 69.3 Å². The van der Waals surface area contributed by atoms with E-state index in [0.717, 1.165) is 28.8 Å². The summed E-state index contributed by atoms with van der Waals surface area (Å²) < 4.78 is 41.8. The second-order valence-electron chi connectivity index (χ2n) is 10.4. The number of aryl methyl sites for hydroxylation is 2. The Balaban J connectivity index is 1.67. The van der Waals surface area contributed by atoms with Crippen LogP contribution in [0.2, 0.25) is 0 Å². The highest BCUT2D eigenvalue weighted by Gasteiger charge is 2.32. The molecule has 0 spiro atoms. The SMILES string of the molecule is CCC(c1nc2ccccc2c(=O)n1-c1ccc(C)c(C)c1)N(Cc1ccccc1)C(=O)Nc1cccc(C(F)(F)F)c1. The summed E-state index contributed by atoms with van der Waals surface area (Å²) in [6, 6.07) is 25.2. The van der Waals surface area contributed by atoms with Gasteiger partial charge in [-0.3, -0.25) is 9.36 Å². The quantitative estimate of drug-likeness (QED) is 0.210. The van der Waals surface area contributed by atoms with Crippen molar-refractivity contribution in [2.75, 3.05) is 5.32 Å². The zero-order valence-corrected chi connectivity index (χ0v) is 24.0. The number of carbonyl (C=O) groups is 1. The molecule has 0 saturated carbocycles. The van der Waals surface area contributed by atoms with E-state index in [1.165, 1.54) is 17.0 Å². The predicted octanol–water partition coefficient (Wildman–Crippen LogP) is 8.21. The number of aromatic nitrogens is 2. The Kier molecular flexibility index (Phi) is 8.34. The molecule has 1 N–H and O–H groups in total. The number of carbonyl (C=O) groups excluding carboxylic acids is 1. The molecule has 1 heterocycles. The fraction of sp³-hybridized carbons (Fsp3) is 0.206. The summed E-state index contributed by atoms with van der Waals surface area (Å²) in [5.41, 5.74) is 2.81. The molecule has 0 aliphatic carbocycles. The number of urea groups is 1. The lowest BCUT2D eigenvalue weighted by Gasteiger charge is -2.32. The van der Waals surface area contributed by atoms with Crippen LogP contribution in [0.25, 0.3) is 16.6 Å². The second kappa shape index (κ2) is 12.1. The highest BCUT2D eigenvalue weighted by Crippen LogP contribution is 2.32. The topological polar surface area (TPSA) is 67.2 Å². The number of halogens is 3. The Morgan fingerprint density at radius 3 is 2.33 bits per heavy atom. The molecule has 0 fully saturated rings. The smallest absolute Gasteiger partial charge is 0.310 e. The van der Waals surface area contributed by atoms with Crippen LogP contribution in [0.15, 0.2) is 102 Å². The predicted molar refractivity (Wildman–Crippen MR) is 162 cm³/mol. The van der Waals surface area contributed by atoms with E-state index < -0.39 is 23.8 Å². The van der Waals surface area contributed by atoms with Gasteiger partial charge in [-0.2, -0.15) is 13.2 Å². The van der Waals surface area contributed by atoms with Crippen molar-refractivity contribution < 1.29 is 18.0 Å². The van der Waals surface area contributed by atoms with Crippen LogP contribution in [0, 0.1) is 13.8 Å². The average Bonchev–Trinajstić information content (AvgIpc) is 2.99. The normalized spacial score (nSPS) is 12.2. The van der Waals surface area contributed by atoms with E-state index in [0.29, 0.717) is 28.8 Å². The standard InChI is InChI=1S/C34H31F3N4O2/c1-4-30(31-39-29-16-9-8-15-28(29)32(42)41(31)27-18-17-22(2)23(3)19-27)40(21-24-11-6-5-7-12-24)33(43)38-26-14-10-13-25(20-26)34(35,36)37/h5-20,30H,4,21H2,1-3H3,(H,38,43). The van der Waals surface area contributed by atoms with Crippen LogP contribution in [0.4, 0.5) is 23.7 Å². The molecule has 9 heteroatoms. The van der Waals surface area contributed by atoms with Crippen molar-refractivity contribution >= 4 is 22.6 Å². The average molecular weight is 585 g/mol. The van der Waals surface area contributed by atoms with Crippen molar-refractivity contribution in [2.45, 2.75) is 46.0 Å². The Bertz CT molecular complexity index is 1830. The molecule has 0 bridgehead atoms. The summed E-state index contributed by atoms with van der Waals surface area (Å²) in [6.07, 6.45) is -4.19. The number of nitrogens with one attached hydrogen (secondary N) is 1. The van der Waals surface area contributed by atoms with E-state index in [4.69, 9.17) is 4.98 Å². The van der Waals surface area contributed by atoms with Gasteiger partial charge in [0.25, 0.3) is 5.56 Å². The van der Waals surface area contributed by atoms with Crippen molar-refractivity contribution in [3.05, 3.63) is 135 Å². The molecule has 0 aliphatic heterocycles. The molecule has 220 valence electrons. The van der Waals surface area contributed by atoms with Crippen LogP contribution in [0.5, 0.6) is 0 Å². The summed E-state index contributed by atoms with van der Waals surface area (Å²) in [5.74, 6) is 0.351. The first-order valence-electron chi connectivity index (χ1n) is 13.9. The molecule has 2 amide bonds. The molecule has 5 aromatic rings. The first-order valence-corrected chi connectivity index (χ1v) is 13.9. The van der Waals surface area contributed by atoms with Gasteiger partial charge >= 0.3 is 12.2 Å². The van der Waals surface area contributed by atoms with Gasteiger partial charge in [0.1, 0.15) is 5.82 Å². The van der Waals surface area contributed by atoms with Gasteiger partial charge in [0.15, 0.2) is 0 Å². The van der Waals surface area contributed by atoms with Crippen molar-refractivity contribution in [3.63, 3.8) is 0 Å². The van der Waals surface area contributed by atoms with Gasteiger partial charge in [0.2, 0.25) is 0 Å². The molecule has 4 aromatic carbocycles. The molecule has 1 aromatic heterocycles. The van der Waals surface area contributed by atoms with Gasteiger partial charge < -0.3 is 10.2 Å². The van der Waals surface area contributed by atoms with Crippen LogP contribution in [0.3, 0.4) is 0 Å². The molecule has 0 radical (unpaired) electrons. The number of para-hydroxylation sites is 1. The van der Waals surface area contributed by atoms with Crippen molar-refractivity contribution in [2.24, 2.45) is 0 Å². The van der Waals surface area contributed by atoms with Crippen LogP contribution < -0.4 is 10.9 Å². The Morgan fingerprint density at radius 2 is 1.63 bits per heavy atom. The number of hydrogen-bond acceptors (Lipinski definition) is 3. The van der Waals surface area contributed by atoms with Crippen LogP contribution in [-0.2, 0) is 12.7 Å². The zero-order valence-electron chi connectivity index (χ0n) is 24.0. The summed E-state index contributed by atoms with van der Waals surface area (Å²) >= 11 is 0. The number of hydrogen-bond donors (Lipinski definition) is 1. The van der Waals surface area contributed by atoms with E-state index in [2.05, 4.69) is 5.32 Å². The molecular formula is C34H31F3N4O2. The molecule has 0 aliphatic rings. The molecular weight excluding hydrogens is 553 g/mol. The first kappa shape index (κ1) is 29.6. The van der Waals surface area contributed by atoms with Gasteiger partial charge in [0, 0.05) is 12.2 Å². The summed E-state index contributed by atoms with van der Waals surface area (Å²) in [5, 5.41) is 3.09. The lowest BCUT2D eigenvalue weighted by molar-refractivity contribution is -0.137. The van der Waals surface area contributed by atoms with E-state index in [1.54, 1.807) is 28.8 Å². The first-order chi connectivity index (χ1) is 20.6. The monoisotopic (exact) mass is 584 g/mol. The Hall–Kier alpha value is -4.92. The fourth-order valence-electron chi connectivity index (χ4n) is 5.10. The number of alkyl halides is 3. The minimum absolute atomic E-state index is 0.00533. The third-order valence-corrected chi connectivity index (χ3v) is 7.51. The summed E-state index contributed by atoms with van der Waals surface area (Å²) in [6.45, 7) is 5.95. The molecule has 1 unspecified atom stereocenters. The molecule has 5 rings (SSSR count). The maximum absolute atomic E-state index is 14.0. The fourth-order valence-corrected chi connectivity index (χ4v) is 5.10. The molecule has 1 atom stereocenters. The van der Waals surface area contributed by atoms with Gasteiger partial charge in [-0.15, -0.1) is 0 Å². The minimum Gasteiger partial charge on any atom is -0.310 e. The van der Waals surface area contributed by atoms with Crippen LogP contribution in [-0.4, -0.2) is 20.5 Å². The van der Waals surface area contributed by atoms with Gasteiger partial charge in [-0.25, -0.2) is 9.78 Å². The lowest BCUT2D eigenvalue weighted by atomic mass is 10.1. The van der Waals surface area contributed by atoms with Crippen molar-refractivity contribution in [1.29, 1.82) is 0 Å². The maximum atomic E-state index is 14.0. The van der Waals surface area contributed by atoms with Gasteiger partial charge in [0.05, 0.1) is 28.2 Å². The third-order valence-electron chi connectivity index (χ3n) is 7.51. The molecule has 0 saturated heterocycles. The summed E-state index contributed by atoms with van der Waals surface area (Å²) in [7, 11) is 0. The number of benzene rings is 4. The number of rotatable bonds is 7. The van der Waals surface area contributed by atoms with E-state index in [-0.39, 0.29) is 17.8 Å². The van der Waals surface area contributed by atoms with Gasteiger partial charge in [-0.05, 0) is 79.4 Å².